The van der Waals surface area contributed by atoms with E-state index in [4.69, 9.17) is 15.2 Å². The Morgan fingerprint density at radius 1 is 1.25 bits per heavy atom. The molecule has 0 aliphatic heterocycles. The van der Waals surface area contributed by atoms with Crippen LogP contribution < -0.4 is 5.73 Å². The quantitative estimate of drug-likeness (QED) is 0.561. The Morgan fingerprint density at radius 2 is 1.70 bits per heavy atom. The fourth-order valence-electron chi connectivity index (χ4n) is 2.22. The van der Waals surface area contributed by atoms with E-state index in [1.165, 1.54) is 13.5 Å². The number of carbonyl (C=O) groups is 1. The molecule has 0 bridgehead atoms. The molecule has 0 amide bonds. The molecular formula is C13H31BN2O4. The van der Waals surface area contributed by atoms with E-state index < -0.39 is 13.1 Å². The summed E-state index contributed by atoms with van der Waals surface area (Å²) in [5, 5.41) is 24.8. The largest absolute Gasteiger partial charge is 0.481 e. The first kappa shape index (κ1) is 21.7. The monoisotopic (exact) mass is 290 g/mol. The molecule has 1 unspecified atom stereocenters. The molecule has 0 saturated heterocycles. The van der Waals surface area contributed by atoms with Crippen LogP contribution in [0.5, 0.6) is 0 Å². The molecule has 0 radical (unpaired) electrons. The zero-order chi connectivity index (χ0) is 16.1. The van der Waals surface area contributed by atoms with Gasteiger partial charge in [0, 0.05) is 6.54 Å². The summed E-state index contributed by atoms with van der Waals surface area (Å²) in [6.45, 7) is 2.61. The molecule has 120 valence electrons. The minimum absolute atomic E-state index is 0.101. The van der Waals surface area contributed by atoms with Crippen molar-refractivity contribution in [1.29, 1.82) is 0 Å². The lowest BCUT2D eigenvalue weighted by molar-refractivity contribution is -0.145. The number of rotatable bonds is 4. The minimum Gasteiger partial charge on any atom is -0.481 e. The first-order valence-corrected chi connectivity index (χ1v) is 7.19. The van der Waals surface area contributed by atoms with Crippen LogP contribution in [-0.4, -0.2) is 60.8 Å². The summed E-state index contributed by atoms with van der Waals surface area (Å²) >= 11 is 0. The molecule has 0 aromatic rings. The molecule has 0 aromatic heterocycles. The SMILES string of the molecule is CCB(O)O.CN.CN(C)CC1CCCC[C@@H]1C(=O)O. The summed E-state index contributed by atoms with van der Waals surface area (Å²) in [6.07, 6.45) is 4.65. The van der Waals surface area contributed by atoms with Gasteiger partial charge in [0.1, 0.15) is 0 Å². The zero-order valence-electron chi connectivity index (χ0n) is 13.2. The molecule has 1 rings (SSSR count). The predicted molar refractivity (Wildman–Crippen MR) is 82.4 cm³/mol. The van der Waals surface area contributed by atoms with Gasteiger partial charge >= 0.3 is 13.1 Å². The van der Waals surface area contributed by atoms with Gasteiger partial charge in [-0.15, -0.1) is 0 Å². The first-order chi connectivity index (χ1) is 9.38. The highest BCUT2D eigenvalue weighted by atomic mass is 16.4. The zero-order valence-corrected chi connectivity index (χ0v) is 13.2. The summed E-state index contributed by atoms with van der Waals surface area (Å²) in [5.74, 6) is -0.344. The van der Waals surface area contributed by atoms with Crippen molar-refractivity contribution in [2.75, 3.05) is 27.7 Å². The Labute approximate surface area is 123 Å². The molecule has 1 fully saturated rings. The van der Waals surface area contributed by atoms with Crippen LogP contribution >= 0.6 is 0 Å². The van der Waals surface area contributed by atoms with Gasteiger partial charge < -0.3 is 25.8 Å². The van der Waals surface area contributed by atoms with Gasteiger partial charge in [-0.2, -0.15) is 0 Å². The van der Waals surface area contributed by atoms with Crippen LogP contribution in [0.1, 0.15) is 32.6 Å². The third-order valence-electron chi connectivity index (χ3n) is 3.19. The Morgan fingerprint density at radius 3 is 2.05 bits per heavy atom. The highest BCUT2D eigenvalue weighted by Gasteiger charge is 2.30. The van der Waals surface area contributed by atoms with Crippen molar-refractivity contribution in [3.05, 3.63) is 0 Å². The van der Waals surface area contributed by atoms with E-state index in [1.54, 1.807) is 6.92 Å². The van der Waals surface area contributed by atoms with Crippen molar-refractivity contribution in [1.82, 2.24) is 4.90 Å². The number of carboxylic acids is 1. The van der Waals surface area contributed by atoms with Gasteiger partial charge in [-0.05, 0) is 46.2 Å². The summed E-state index contributed by atoms with van der Waals surface area (Å²) < 4.78 is 0. The molecule has 5 N–H and O–H groups in total. The summed E-state index contributed by atoms with van der Waals surface area (Å²) in [6, 6.07) is 0. The van der Waals surface area contributed by atoms with Crippen LogP contribution in [0.3, 0.4) is 0 Å². The molecule has 6 nitrogen and oxygen atoms in total. The molecule has 2 atom stereocenters. The molecular weight excluding hydrogens is 259 g/mol. The van der Waals surface area contributed by atoms with Crippen molar-refractivity contribution in [2.45, 2.75) is 38.9 Å². The molecule has 0 spiro atoms. The van der Waals surface area contributed by atoms with E-state index in [9.17, 15) is 4.79 Å². The Kier molecular flexibility index (Phi) is 14.5. The predicted octanol–water partition coefficient (Wildman–Crippen LogP) is 0.493. The normalized spacial score (nSPS) is 21.2. The molecule has 1 aliphatic carbocycles. The van der Waals surface area contributed by atoms with Crippen LogP contribution in [0.15, 0.2) is 0 Å². The maximum Gasteiger partial charge on any atom is 0.451 e. The van der Waals surface area contributed by atoms with E-state index >= 15 is 0 Å². The fourth-order valence-corrected chi connectivity index (χ4v) is 2.22. The van der Waals surface area contributed by atoms with Gasteiger partial charge in [-0.3, -0.25) is 4.79 Å². The van der Waals surface area contributed by atoms with E-state index in [0.29, 0.717) is 12.2 Å². The topological polar surface area (TPSA) is 107 Å². The molecule has 1 aliphatic rings. The summed E-state index contributed by atoms with van der Waals surface area (Å²) in [4.78, 5) is 13.0. The number of carboxylic acid groups (broad SMARTS) is 1. The Hall–Kier alpha value is -0.625. The van der Waals surface area contributed by atoms with Gasteiger partial charge in [0.25, 0.3) is 0 Å². The molecule has 20 heavy (non-hydrogen) atoms. The van der Waals surface area contributed by atoms with Crippen LogP contribution in [0, 0.1) is 11.8 Å². The Bertz CT molecular complexity index is 240. The van der Waals surface area contributed by atoms with Crippen molar-refractivity contribution < 1.29 is 19.9 Å². The fraction of sp³-hybridized carbons (Fsp3) is 0.923. The first-order valence-electron chi connectivity index (χ1n) is 7.19. The van der Waals surface area contributed by atoms with Crippen molar-refractivity contribution in [3.63, 3.8) is 0 Å². The van der Waals surface area contributed by atoms with Crippen molar-refractivity contribution in [2.24, 2.45) is 17.6 Å². The van der Waals surface area contributed by atoms with Crippen molar-refractivity contribution >= 4 is 13.1 Å². The van der Waals surface area contributed by atoms with Gasteiger partial charge in [0.15, 0.2) is 0 Å². The lowest BCUT2D eigenvalue weighted by Gasteiger charge is -2.30. The number of aliphatic carboxylic acids is 1. The highest BCUT2D eigenvalue weighted by molar-refractivity contribution is 6.40. The molecule has 7 heteroatoms. The van der Waals surface area contributed by atoms with Gasteiger partial charge in [0.2, 0.25) is 0 Å². The maximum atomic E-state index is 10.9. The van der Waals surface area contributed by atoms with E-state index in [2.05, 4.69) is 10.6 Å². The third-order valence-corrected chi connectivity index (χ3v) is 3.19. The molecule has 0 aromatic carbocycles. The number of hydrogen-bond acceptors (Lipinski definition) is 5. The molecule has 0 heterocycles. The van der Waals surface area contributed by atoms with Crippen LogP contribution in [0.25, 0.3) is 0 Å². The summed E-state index contributed by atoms with van der Waals surface area (Å²) in [5.41, 5.74) is 4.50. The number of nitrogens with two attached hydrogens (primary N) is 1. The average Bonchev–Trinajstić information content (AvgIpc) is 2.41. The van der Waals surface area contributed by atoms with Crippen molar-refractivity contribution in [3.8, 4) is 0 Å². The number of hydrogen-bond donors (Lipinski definition) is 4. The van der Waals surface area contributed by atoms with Gasteiger partial charge in [0.05, 0.1) is 5.92 Å². The third kappa shape index (κ3) is 11.2. The second-order valence-electron chi connectivity index (χ2n) is 5.14. The lowest BCUT2D eigenvalue weighted by Crippen LogP contribution is -2.34. The maximum absolute atomic E-state index is 10.9. The van der Waals surface area contributed by atoms with Crippen LogP contribution in [0.2, 0.25) is 6.32 Å². The Balaban J connectivity index is 0. The van der Waals surface area contributed by atoms with E-state index in [1.807, 2.05) is 14.1 Å². The standard InChI is InChI=1S/C10H19NO2.C2H7BO2.CH5N/c1-11(2)7-8-5-3-4-6-9(8)10(12)13;1-2-3(4)5;1-2/h8-9H,3-7H2,1-2H3,(H,12,13);4-5H,2H2,1H3;2H2,1H3/t8?,9-;;/m0../s1. The van der Waals surface area contributed by atoms with Gasteiger partial charge in [-0.1, -0.05) is 19.8 Å². The second-order valence-corrected chi connectivity index (χ2v) is 5.14. The number of nitrogens with zero attached hydrogens (tertiary/aromatic N) is 1. The van der Waals surface area contributed by atoms with E-state index in [-0.39, 0.29) is 5.92 Å². The van der Waals surface area contributed by atoms with Crippen LogP contribution in [-0.2, 0) is 4.79 Å². The highest BCUT2D eigenvalue weighted by Crippen LogP contribution is 2.30. The lowest BCUT2D eigenvalue weighted by atomic mass is 9.79. The smallest absolute Gasteiger partial charge is 0.451 e. The second kappa shape index (κ2) is 13.4. The van der Waals surface area contributed by atoms with Crippen LogP contribution in [0.4, 0.5) is 0 Å². The molecule has 1 saturated carbocycles. The summed E-state index contributed by atoms with van der Waals surface area (Å²) in [7, 11) is 4.40. The minimum atomic E-state index is -1.12. The van der Waals surface area contributed by atoms with Gasteiger partial charge in [-0.25, -0.2) is 0 Å². The van der Waals surface area contributed by atoms with E-state index in [0.717, 1.165) is 25.8 Å². The average molecular weight is 290 g/mol.